The van der Waals surface area contributed by atoms with Crippen LogP contribution < -0.4 is 10.0 Å². The Morgan fingerprint density at radius 2 is 1.67 bits per heavy atom. The third-order valence-corrected chi connectivity index (χ3v) is 4.86. The number of aromatic hydroxyl groups is 1. The zero-order valence-electron chi connectivity index (χ0n) is 14.0. The van der Waals surface area contributed by atoms with Gasteiger partial charge in [-0.25, -0.2) is 8.42 Å². The lowest BCUT2D eigenvalue weighted by atomic mass is 10.0. The van der Waals surface area contributed by atoms with Gasteiger partial charge in [0.05, 0.1) is 17.5 Å². The second kappa shape index (κ2) is 8.37. The number of anilines is 1. The third kappa shape index (κ3) is 5.70. The van der Waals surface area contributed by atoms with Crippen molar-refractivity contribution >= 4 is 21.6 Å². The summed E-state index contributed by atoms with van der Waals surface area (Å²) in [5, 5.41) is 13.2. The van der Waals surface area contributed by atoms with Gasteiger partial charge in [0, 0.05) is 6.04 Å². The number of hydrogen-bond acceptors (Lipinski definition) is 4. The fourth-order valence-electron chi connectivity index (χ4n) is 3.05. The molecule has 1 amide bonds. The average Bonchev–Trinajstić information content (AvgIpc) is 2.62. The Balaban J connectivity index is 2.09. The molecule has 0 atom stereocenters. The Morgan fingerprint density at radius 3 is 2.25 bits per heavy atom. The molecule has 1 saturated carbocycles. The molecule has 0 aromatic heterocycles. The molecular formula is C17H26N2O4S. The van der Waals surface area contributed by atoms with Gasteiger partial charge in [-0.2, -0.15) is 0 Å². The van der Waals surface area contributed by atoms with Gasteiger partial charge in [-0.05, 0) is 25.0 Å². The van der Waals surface area contributed by atoms with Gasteiger partial charge in [0.2, 0.25) is 10.0 Å². The molecule has 0 radical (unpaired) electrons. The highest BCUT2D eigenvalue weighted by Crippen LogP contribution is 2.28. The van der Waals surface area contributed by atoms with Crippen LogP contribution >= 0.6 is 0 Å². The van der Waals surface area contributed by atoms with Crippen LogP contribution in [0.25, 0.3) is 0 Å². The molecule has 1 aromatic rings. The van der Waals surface area contributed by atoms with E-state index in [1.807, 2.05) is 0 Å². The highest BCUT2D eigenvalue weighted by Gasteiger charge is 2.19. The van der Waals surface area contributed by atoms with Gasteiger partial charge in [-0.3, -0.25) is 9.52 Å². The van der Waals surface area contributed by atoms with E-state index in [1.165, 1.54) is 37.8 Å². The van der Waals surface area contributed by atoms with Crippen LogP contribution in [0.1, 0.15) is 61.7 Å². The van der Waals surface area contributed by atoms with Crippen molar-refractivity contribution in [2.75, 3.05) is 11.0 Å². The number of carbonyl (C=O) groups excluding carboxylic acids is 1. The van der Waals surface area contributed by atoms with Gasteiger partial charge in [0.15, 0.2) is 5.75 Å². The minimum Gasteiger partial charge on any atom is -0.505 e. The van der Waals surface area contributed by atoms with Crippen LogP contribution in [0, 0.1) is 0 Å². The molecule has 0 heterocycles. The van der Waals surface area contributed by atoms with E-state index < -0.39 is 10.0 Å². The van der Waals surface area contributed by atoms with Crippen molar-refractivity contribution in [3.63, 3.8) is 0 Å². The maximum atomic E-state index is 12.5. The van der Waals surface area contributed by atoms with Crippen LogP contribution in [0.5, 0.6) is 5.75 Å². The second-order valence-electron chi connectivity index (χ2n) is 6.45. The first kappa shape index (κ1) is 18.6. The topological polar surface area (TPSA) is 95.5 Å². The summed E-state index contributed by atoms with van der Waals surface area (Å²) in [5.74, 6) is -0.711. The predicted octanol–water partition coefficient (Wildman–Crippen LogP) is 3.00. The second-order valence-corrected chi connectivity index (χ2v) is 8.19. The quantitative estimate of drug-likeness (QED) is 0.724. The number of nitrogens with one attached hydrogen (secondary N) is 2. The maximum absolute atomic E-state index is 12.5. The number of sulfonamides is 1. The van der Waals surface area contributed by atoms with Crippen LogP contribution in [0.4, 0.5) is 5.69 Å². The zero-order chi connectivity index (χ0) is 17.6. The third-order valence-electron chi connectivity index (χ3n) is 4.27. The van der Waals surface area contributed by atoms with Crippen LogP contribution in [0.2, 0.25) is 0 Å². The van der Waals surface area contributed by atoms with Gasteiger partial charge in [-0.1, -0.05) is 44.6 Å². The zero-order valence-corrected chi connectivity index (χ0v) is 14.9. The lowest BCUT2D eigenvalue weighted by Gasteiger charge is -2.19. The average molecular weight is 354 g/mol. The molecule has 0 unspecified atom stereocenters. The Hall–Kier alpha value is -1.76. The van der Waals surface area contributed by atoms with Crippen molar-refractivity contribution in [1.82, 2.24) is 5.32 Å². The summed E-state index contributed by atoms with van der Waals surface area (Å²) in [6.45, 7) is 0. The van der Waals surface area contributed by atoms with Gasteiger partial charge in [0.25, 0.3) is 5.91 Å². The lowest BCUT2D eigenvalue weighted by molar-refractivity contribution is 0.0929. The molecule has 0 spiro atoms. The lowest BCUT2D eigenvalue weighted by Crippen LogP contribution is -2.34. The standard InChI is InChI=1S/C17H26N2O4S/c1-24(22,23)19-15-12-8-11-14(16(15)20)17(21)18-13-9-6-4-2-3-5-7-10-13/h8,11-13,19-20H,2-7,9-10H2,1H3,(H,18,21). The Bertz CT molecular complexity index is 663. The van der Waals surface area contributed by atoms with E-state index in [-0.39, 0.29) is 28.9 Å². The molecule has 3 N–H and O–H groups in total. The SMILES string of the molecule is CS(=O)(=O)Nc1cccc(C(=O)NC2CCCCCCCC2)c1O. The van der Waals surface area contributed by atoms with Crippen molar-refractivity contribution in [2.45, 2.75) is 57.4 Å². The normalized spacial score (nSPS) is 17.4. The number of benzene rings is 1. The summed E-state index contributed by atoms with van der Waals surface area (Å²) in [4.78, 5) is 12.5. The Labute approximate surface area is 143 Å². The van der Waals surface area contributed by atoms with Crippen molar-refractivity contribution < 1.29 is 18.3 Å². The minimum absolute atomic E-state index is 0.0135. The van der Waals surface area contributed by atoms with E-state index in [1.54, 1.807) is 6.07 Å². The molecule has 1 aliphatic rings. The van der Waals surface area contributed by atoms with Crippen molar-refractivity contribution in [3.05, 3.63) is 23.8 Å². The molecule has 6 nitrogen and oxygen atoms in total. The van der Waals surface area contributed by atoms with Crippen molar-refractivity contribution in [3.8, 4) is 5.75 Å². The molecule has 0 saturated heterocycles. The number of phenols is 1. The summed E-state index contributed by atoms with van der Waals surface area (Å²) >= 11 is 0. The number of hydrogen-bond donors (Lipinski definition) is 3. The first-order valence-corrected chi connectivity index (χ1v) is 10.4. The van der Waals surface area contributed by atoms with Crippen molar-refractivity contribution in [2.24, 2.45) is 0 Å². The number of para-hydroxylation sites is 1. The summed E-state index contributed by atoms with van der Waals surface area (Å²) in [6, 6.07) is 4.56. The van der Waals surface area contributed by atoms with E-state index in [4.69, 9.17) is 0 Å². The van der Waals surface area contributed by atoms with Crippen LogP contribution in [-0.4, -0.2) is 31.7 Å². The summed E-state index contributed by atoms with van der Waals surface area (Å²) in [7, 11) is -3.52. The van der Waals surface area contributed by atoms with E-state index in [0.29, 0.717) is 0 Å². The molecule has 24 heavy (non-hydrogen) atoms. The molecule has 1 aliphatic carbocycles. The number of carbonyl (C=O) groups is 1. The molecule has 1 aromatic carbocycles. The van der Waals surface area contributed by atoms with Crippen LogP contribution in [0.3, 0.4) is 0 Å². The number of rotatable bonds is 4. The van der Waals surface area contributed by atoms with E-state index in [9.17, 15) is 18.3 Å². The Kier molecular flexibility index (Phi) is 6.48. The molecule has 0 bridgehead atoms. The van der Waals surface area contributed by atoms with Crippen LogP contribution in [-0.2, 0) is 10.0 Å². The van der Waals surface area contributed by atoms with Gasteiger partial charge < -0.3 is 10.4 Å². The highest BCUT2D eigenvalue weighted by molar-refractivity contribution is 7.92. The van der Waals surface area contributed by atoms with Crippen LogP contribution in [0.15, 0.2) is 18.2 Å². The van der Waals surface area contributed by atoms with Gasteiger partial charge in [-0.15, -0.1) is 0 Å². The molecule has 2 rings (SSSR count). The first-order chi connectivity index (χ1) is 11.4. The number of amides is 1. The smallest absolute Gasteiger partial charge is 0.255 e. The highest BCUT2D eigenvalue weighted by atomic mass is 32.2. The summed E-state index contributed by atoms with van der Waals surface area (Å²) < 4.78 is 24.9. The Morgan fingerprint density at radius 1 is 1.08 bits per heavy atom. The molecule has 1 fully saturated rings. The van der Waals surface area contributed by atoms with E-state index in [2.05, 4.69) is 10.0 Å². The molecule has 134 valence electrons. The fourth-order valence-corrected chi connectivity index (χ4v) is 3.61. The largest absolute Gasteiger partial charge is 0.505 e. The maximum Gasteiger partial charge on any atom is 0.255 e. The van der Waals surface area contributed by atoms with E-state index >= 15 is 0 Å². The first-order valence-electron chi connectivity index (χ1n) is 8.47. The predicted molar refractivity (Wildman–Crippen MR) is 94.8 cm³/mol. The summed E-state index contributed by atoms with van der Waals surface area (Å²) in [5.41, 5.74) is 0.100. The van der Waals surface area contributed by atoms with E-state index in [0.717, 1.165) is 31.9 Å². The van der Waals surface area contributed by atoms with Gasteiger partial charge >= 0.3 is 0 Å². The number of phenolic OH excluding ortho intramolecular Hbond substituents is 1. The van der Waals surface area contributed by atoms with Crippen molar-refractivity contribution in [1.29, 1.82) is 0 Å². The molecular weight excluding hydrogens is 328 g/mol. The fraction of sp³-hybridized carbons (Fsp3) is 0.588. The molecule has 7 heteroatoms. The monoisotopic (exact) mass is 354 g/mol. The molecule has 0 aliphatic heterocycles. The van der Waals surface area contributed by atoms with Gasteiger partial charge in [0.1, 0.15) is 0 Å². The minimum atomic E-state index is -3.52. The summed E-state index contributed by atoms with van der Waals surface area (Å²) in [6.07, 6.45) is 9.93.